The first-order valence-electron chi connectivity index (χ1n) is 7.64. The minimum atomic E-state index is 0.437. The zero-order valence-electron chi connectivity index (χ0n) is 12.7. The van der Waals surface area contributed by atoms with Crippen LogP contribution in [0.5, 0.6) is 0 Å². The summed E-state index contributed by atoms with van der Waals surface area (Å²) in [4.78, 5) is 4.95. The van der Waals surface area contributed by atoms with E-state index in [1.165, 1.54) is 51.6 Å². The third-order valence-electron chi connectivity index (χ3n) is 5.41. The van der Waals surface area contributed by atoms with Crippen molar-refractivity contribution < 1.29 is 0 Å². The minimum absolute atomic E-state index is 0.437. The quantitative estimate of drug-likeness (QED) is 0.826. The van der Waals surface area contributed by atoms with Gasteiger partial charge in [-0.3, -0.25) is 0 Å². The van der Waals surface area contributed by atoms with Crippen molar-refractivity contribution in [2.45, 2.75) is 63.1 Å². The van der Waals surface area contributed by atoms with Gasteiger partial charge < -0.3 is 15.1 Å². The van der Waals surface area contributed by atoms with Gasteiger partial charge in [0.25, 0.3) is 0 Å². The molecule has 1 heterocycles. The maximum absolute atomic E-state index is 3.87. The van der Waals surface area contributed by atoms with Crippen molar-refractivity contribution in [1.82, 2.24) is 15.1 Å². The predicted octanol–water partition coefficient (Wildman–Crippen LogP) is 1.93. The first-order chi connectivity index (χ1) is 8.53. The topological polar surface area (TPSA) is 18.5 Å². The lowest BCUT2D eigenvalue weighted by atomic mass is 9.93. The second-order valence-corrected chi connectivity index (χ2v) is 6.76. The number of likely N-dealkylation sites (N-methyl/N-ethyl adjacent to an activating group) is 1. The molecule has 0 radical (unpaired) electrons. The molecule has 1 saturated carbocycles. The molecule has 2 rings (SSSR count). The standard InChI is InChI=1S/C15H31N3/c1-13-11-14(7-10-18(13)4)16-12-15(17(2)3)8-5-6-9-15/h13-14,16H,5-12H2,1-4H3. The maximum atomic E-state index is 3.87. The number of hydrogen-bond acceptors (Lipinski definition) is 3. The van der Waals surface area contributed by atoms with Crippen LogP contribution in [0.4, 0.5) is 0 Å². The molecule has 3 nitrogen and oxygen atoms in total. The molecule has 0 spiro atoms. The number of piperidine rings is 1. The summed E-state index contributed by atoms with van der Waals surface area (Å²) < 4.78 is 0. The monoisotopic (exact) mass is 253 g/mol. The predicted molar refractivity (Wildman–Crippen MR) is 78.0 cm³/mol. The first kappa shape index (κ1) is 14.3. The van der Waals surface area contributed by atoms with Crippen LogP contribution < -0.4 is 5.32 Å². The van der Waals surface area contributed by atoms with Crippen molar-refractivity contribution >= 4 is 0 Å². The molecular weight excluding hydrogens is 222 g/mol. The number of nitrogens with one attached hydrogen (secondary N) is 1. The van der Waals surface area contributed by atoms with Crippen molar-refractivity contribution in [3.8, 4) is 0 Å². The van der Waals surface area contributed by atoms with Crippen LogP contribution in [0.3, 0.4) is 0 Å². The Morgan fingerprint density at radius 3 is 2.50 bits per heavy atom. The number of hydrogen-bond donors (Lipinski definition) is 1. The van der Waals surface area contributed by atoms with E-state index in [1.54, 1.807) is 0 Å². The van der Waals surface area contributed by atoms with Gasteiger partial charge in [0.1, 0.15) is 0 Å². The molecule has 2 fully saturated rings. The fraction of sp³-hybridized carbons (Fsp3) is 1.00. The van der Waals surface area contributed by atoms with E-state index < -0.39 is 0 Å². The molecule has 1 aliphatic heterocycles. The maximum Gasteiger partial charge on any atom is 0.0327 e. The van der Waals surface area contributed by atoms with E-state index in [0.717, 1.165) is 12.1 Å². The third-order valence-corrected chi connectivity index (χ3v) is 5.41. The van der Waals surface area contributed by atoms with Gasteiger partial charge in [0, 0.05) is 24.2 Å². The van der Waals surface area contributed by atoms with E-state index in [9.17, 15) is 0 Å². The second-order valence-electron chi connectivity index (χ2n) is 6.76. The summed E-state index contributed by atoms with van der Waals surface area (Å²) in [5.74, 6) is 0. The van der Waals surface area contributed by atoms with Crippen LogP contribution >= 0.6 is 0 Å². The third kappa shape index (κ3) is 3.06. The zero-order valence-corrected chi connectivity index (χ0v) is 12.7. The first-order valence-corrected chi connectivity index (χ1v) is 7.64. The Kier molecular flexibility index (Phi) is 4.68. The molecule has 0 aromatic rings. The van der Waals surface area contributed by atoms with Gasteiger partial charge >= 0.3 is 0 Å². The molecule has 3 heteroatoms. The Hall–Kier alpha value is -0.120. The van der Waals surface area contributed by atoms with Gasteiger partial charge in [-0.25, -0.2) is 0 Å². The molecule has 18 heavy (non-hydrogen) atoms. The van der Waals surface area contributed by atoms with Crippen LogP contribution in [-0.2, 0) is 0 Å². The summed E-state index contributed by atoms with van der Waals surface area (Å²) in [5, 5.41) is 3.87. The number of nitrogens with zero attached hydrogens (tertiary/aromatic N) is 2. The Morgan fingerprint density at radius 2 is 1.94 bits per heavy atom. The fourth-order valence-corrected chi connectivity index (χ4v) is 3.62. The lowest BCUT2D eigenvalue weighted by Gasteiger charge is -2.40. The Morgan fingerprint density at radius 1 is 1.28 bits per heavy atom. The summed E-state index contributed by atoms with van der Waals surface area (Å²) in [6.07, 6.45) is 8.17. The molecule has 0 amide bonds. The fourth-order valence-electron chi connectivity index (χ4n) is 3.62. The van der Waals surface area contributed by atoms with Crippen LogP contribution in [0.25, 0.3) is 0 Å². The highest BCUT2D eigenvalue weighted by Gasteiger charge is 2.36. The van der Waals surface area contributed by atoms with Crippen molar-refractivity contribution in [1.29, 1.82) is 0 Å². The molecule has 1 saturated heterocycles. The Balaban J connectivity index is 1.83. The minimum Gasteiger partial charge on any atom is -0.312 e. The van der Waals surface area contributed by atoms with Crippen molar-refractivity contribution in [3.63, 3.8) is 0 Å². The van der Waals surface area contributed by atoms with Crippen LogP contribution in [0.15, 0.2) is 0 Å². The summed E-state index contributed by atoms with van der Waals surface area (Å²) in [7, 11) is 6.76. The van der Waals surface area contributed by atoms with E-state index in [4.69, 9.17) is 0 Å². The van der Waals surface area contributed by atoms with E-state index in [2.05, 4.69) is 43.2 Å². The largest absolute Gasteiger partial charge is 0.312 e. The molecule has 0 aromatic carbocycles. The SMILES string of the molecule is CC1CC(NCC2(N(C)C)CCCC2)CCN1C. The molecule has 2 unspecified atom stereocenters. The Bertz CT molecular complexity index is 258. The normalized spacial score (nSPS) is 33.2. The highest BCUT2D eigenvalue weighted by molar-refractivity contribution is 4.96. The molecule has 0 bridgehead atoms. The lowest BCUT2D eigenvalue weighted by Crippen LogP contribution is -2.54. The van der Waals surface area contributed by atoms with Crippen molar-refractivity contribution in [2.75, 3.05) is 34.2 Å². The molecule has 2 aliphatic rings. The molecule has 1 N–H and O–H groups in total. The van der Waals surface area contributed by atoms with Crippen LogP contribution in [0.1, 0.15) is 45.4 Å². The van der Waals surface area contributed by atoms with Crippen LogP contribution in [-0.4, -0.2) is 61.7 Å². The van der Waals surface area contributed by atoms with E-state index in [0.29, 0.717) is 5.54 Å². The molecule has 0 aromatic heterocycles. The van der Waals surface area contributed by atoms with Crippen molar-refractivity contribution in [2.24, 2.45) is 0 Å². The van der Waals surface area contributed by atoms with Gasteiger partial charge in [-0.05, 0) is 60.3 Å². The second kappa shape index (κ2) is 5.89. The summed E-state index contributed by atoms with van der Waals surface area (Å²) in [6.45, 7) is 4.78. The highest BCUT2D eigenvalue weighted by Crippen LogP contribution is 2.33. The van der Waals surface area contributed by atoms with Gasteiger partial charge in [-0.2, -0.15) is 0 Å². The summed E-state index contributed by atoms with van der Waals surface area (Å²) in [6, 6.07) is 1.46. The molecular formula is C15H31N3. The number of likely N-dealkylation sites (tertiary alicyclic amines) is 1. The molecule has 1 aliphatic carbocycles. The van der Waals surface area contributed by atoms with Gasteiger partial charge in [0.15, 0.2) is 0 Å². The van der Waals surface area contributed by atoms with Gasteiger partial charge in [-0.1, -0.05) is 12.8 Å². The summed E-state index contributed by atoms with van der Waals surface area (Å²) >= 11 is 0. The smallest absolute Gasteiger partial charge is 0.0327 e. The van der Waals surface area contributed by atoms with Gasteiger partial charge in [0.05, 0.1) is 0 Å². The van der Waals surface area contributed by atoms with Gasteiger partial charge in [-0.15, -0.1) is 0 Å². The molecule has 2 atom stereocenters. The van der Waals surface area contributed by atoms with Crippen LogP contribution in [0, 0.1) is 0 Å². The Labute approximate surface area is 113 Å². The molecule has 106 valence electrons. The summed E-state index contributed by atoms with van der Waals surface area (Å²) in [5.41, 5.74) is 0.437. The lowest BCUT2D eigenvalue weighted by molar-refractivity contribution is 0.126. The average molecular weight is 253 g/mol. The number of rotatable bonds is 4. The van der Waals surface area contributed by atoms with E-state index in [-0.39, 0.29) is 0 Å². The van der Waals surface area contributed by atoms with Crippen molar-refractivity contribution in [3.05, 3.63) is 0 Å². The van der Waals surface area contributed by atoms with E-state index >= 15 is 0 Å². The van der Waals surface area contributed by atoms with E-state index in [1.807, 2.05) is 0 Å². The average Bonchev–Trinajstić information content (AvgIpc) is 2.81. The van der Waals surface area contributed by atoms with Gasteiger partial charge in [0.2, 0.25) is 0 Å². The zero-order chi connectivity index (χ0) is 13.2. The highest BCUT2D eigenvalue weighted by atomic mass is 15.2. The van der Waals surface area contributed by atoms with Crippen LogP contribution in [0.2, 0.25) is 0 Å².